The van der Waals surface area contributed by atoms with Crippen molar-refractivity contribution < 1.29 is 19.1 Å². The minimum atomic E-state index is -0.315. The first kappa shape index (κ1) is 20.1. The molecule has 28 heavy (non-hydrogen) atoms. The quantitative estimate of drug-likeness (QED) is 0.486. The van der Waals surface area contributed by atoms with Gasteiger partial charge < -0.3 is 14.8 Å². The van der Waals surface area contributed by atoms with Crippen LogP contribution in [-0.4, -0.2) is 43.6 Å². The lowest BCUT2D eigenvalue weighted by Crippen LogP contribution is -2.33. The van der Waals surface area contributed by atoms with E-state index >= 15 is 0 Å². The zero-order valence-corrected chi connectivity index (χ0v) is 16.9. The topological polar surface area (TPSA) is 67.9 Å². The Labute approximate surface area is 168 Å². The summed E-state index contributed by atoms with van der Waals surface area (Å²) < 4.78 is 10.7. The molecule has 0 radical (unpaired) electrons. The largest absolute Gasteiger partial charge is 0.494 e. The standard InChI is InChI=1S/C21H24N2O4S/c1-3-11-27-16-8-4-7-15(14-16)22-19-18(17-9-5-13-28-17)20(24)23(21(19)25)10-6-12-26-2/h4-5,7-9,13-14,22H,3,6,10-12H2,1-2H3. The lowest BCUT2D eigenvalue weighted by molar-refractivity contribution is -0.136. The van der Waals surface area contributed by atoms with Gasteiger partial charge in [0, 0.05) is 36.9 Å². The average Bonchev–Trinajstić information content (AvgIpc) is 3.30. The summed E-state index contributed by atoms with van der Waals surface area (Å²) in [6.45, 7) is 3.48. The van der Waals surface area contributed by atoms with Crippen molar-refractivity contribution in [3.63, 3.8) is 0 Å². The summed E-state index contributed by atoms with van der Waals surface area (Å²) in [6.07, 6.45) is 1.51. The highest BCUT2D eigenvalue weighted by Gasteiger charge is 2.39. The van der Waals surface area contributed by atoms with Crippen LogP contribution in [0.2, 0.25) is 0 Å². The molecule has 0 atom stereocenters. The van der Waals surface area contributed by atoms with Crippen molar-refractivity contribution in [2.75, 3.05) is 32.2 Å². The molecule has 3 rings (SSSR count). The van der Waals surface area contributed by atoms with Crippen LogP contribution >= 0.6 is 11.3 Å². The number of imide groups is 1. The SMILES string of the molecule is CCCOc1cccc(NC2=C(c3cccs3)C(=O)N(CCCOC)C2=O)c1. The number of hydrogen-bond acceptors (Lipinski definition) is 6. The van der Waals surface area contributed by atoms with E-state index in [0.717, 1.165) is 17.0 Å². The maximum absolute atomic E-state index is 13.0. The van der Waals surface area contributed by atoms with E-state index in [1.165, 1.54) is 16.2 Å². The Balaban J connectivity index is 1.88. The molecule has 148 valence electrons. The van der Waals surface area contributed by atoms with Crippen molar-refractivity contribution in [3.05, 3.63) is 52.4 Å². The average molecular weight is 401 g/mol. The van der Waals surface area contributed by atoms with Crippen LogP contribution in [0.15, 0.2) is 47.5 Å². The zero-order chi connectivity index (χ0) is 19.9. The molecule has 6 nitrogen and oxygen atoms in total. The van der Waals surface area contributed by atoms with Gasteiger partial charge in [0.15, 0.2) is 0 Å². The smallest absolute Gasteiger partial charge is 0.278 e. The zero-order valence-electron chi connectivity index (χ0n) is 16.1. The number of benzene rings is 1. The summed E-state index contributed by atoms with van der Waals surface area (Å²) in [7, 11) is 1.60. The second kappa shape index (κ2) is 9.52. The number of carbonyl (C=O) groups excluding carboxylic acids is 2. The molecule has 0 fully saturated rings. The van der Waals surface area contributed by atoms with Gasteiger partial charge in [-0.1, -0.05) is 19.1 Å². The maximum atomic E-state index is 13.0. The number of rotatable bonds is 10. The van der Waals surface area contributed by atoms with Crippen LogP contribution in [-0.2, 0) is 14.3 Å². The Bertz CT molecular complexity index is 861. The van der Waals surface area contributed by atoms with Crippen molar-refractivity contribution in [2.24, 2.45) is 0 Å². The number of nitrogens with zero attached hydrogens (tertiary/aromatic N) is 1. The fourth-order valence-electron chi connectivity index (χ4n) is 2.94. The first-order chi connectivity index (χ1) is 13.7. The van der Waals surface area contributed by atoms with Gasteiger partial charge in [-0.3, -0.25) is 14.5 Å². The van der Waals surface area contributed by atoms with Gasteiger partial charge in [0.2, 0.25) is 0 Å². The van der Waals surface area contributed by atoms with Gasteiger partial charge in [-0.25, -0.2) is 0 Å². The van der Waals surface area contributed by atoms with Crippen molar-refractivity contribution in [2.45, 2.75) is 19.8 Å². The Morgan fingerprint density at radius 2 is 1.96 bits per heavy atom. The third-order valence-electron chi connectivity index (χ3n) is 4.24. The number of ether oxygens (including phenoxy) is 2. The number of methoxy groups -OCH3 is 1. The van der Waals surface area contributed by atoms with Gasteiger partial charge in [0.1, 0.15) is 11.4 Å². The summed E-state index contributed by atoms with van der Waals surface area (Å²) >= 11 is 1.44. The molecular weight excluding hydrogens is 376 g/mol. The number of nitrogens with one attached hydrogen (secondary N) is 1. The third kappa shape index (κ3) is 4.43. The molecule has 1 N–H and O–H groups in total. The van der Waals surface area contributed by atoms with E-state index in [-0.39, 0.29) is 11.8 Å². The molecule has 0 saturated carbocycles. The maximum Gasteiger partial charge on any atom is 0.278 e. The van der Waals surface area contributed by atoms with Gasteiger partial charge in [-0.15, -0.1) is 11.3 Å². The van der Waals surface area contributed by atoms with Gasteiger partial charge in [-0.2, -0.15) is 0 Å². The van der Waals surface area contributed by atoms with Crippen LogP contribution in [0.1, 0.15) is 24.6 Å². The van der Waals surface area contributed by atoms with Crippen LogP contribution in [0, 0.1) is 0 Å². The Morgan fingerprint density at radius 1 is 1.11 bits per heavy atom. The molecule has 0 unspecified atom stereocenters. The van der Waals surface area contributed by atoms with Crippen molar-refractivity contribution in [1.82, 2.24) is 4.90 Å². The van der Waals surface area contributed by atoms with Crippen LogP contribution in [0.25, 0.3) is 5.57 Å². The molecule has 2 heterocycles. The summed E-state index contributed by atoms with van der Waals surface area (Å²) in [6, 6.07) is 11.1. The van der Waals surface area contributed by atoms with E-state index in [4.69, 9.17) is 9.47 Å². The highest BCUT2D eigenvalue weighted by molar-refractivity contribution is 7.11. The number of thiophene rings is 1. The highest BCUT2D eigenvalue weighted by Crippen LogP contribution is 2.33. The number of amides is 2. The van der Waals surface area contributed by atoms with Crippen LogP contribution in [0.5, 0.6) is 5.75 Å². The summed E-state index contributed by atoms with van der Waals surface area (Å²) in [4.78, 5) is 28.0. The molecule has 2 amide bonds. The highest BCUT2D eigenvalue weighted by atomic mass is 32.1. The minimum Gasteiger partial charge on any atom is -0.494 e. The minimum absolute atomic E-state index is 0.274. The number of anilines is 1. The van der Waals surface area contributed by atoms with E-state index in [1.54, 1.807) is 7.11 Å². The number of carbonyl (C=O) groups is 2. The van der Waals surface area contributed by atoms with Crippen molar-refractivity contribution >= 4 is 34.4 Å². The Hall–Kier alpha value is -2.64. The van der Waals surface area contributed by atoms with Crippen molar-refractivity contribution in [1.29, 1.82) is 0 Å². The van der Waals surface area contributed by atoms with Crippen LogP contribution < -0.4 is 10.1 Å². The van der Waals surface area contributed by atoms with E-state index < -0.39 is 0 Å². The van der Waals surface area contributed by atoms with Gasteiger partial charge in [-0.05, 0) is 36.4 Å². The summed E-state index contributed by atoms with van der Waals surface area (Å²) in [5, 5.41) is 5.05. The Morgan fingerprint density at radius 3 is 2.68 bits per heavy atom. The van der Waals surface area contributed by atoms with Gasteiger partial charge >= 0.3 is 0 Å². The molecule has 1 aromatic carbocycles. The summed E-state index contributed by atoms with van der Waals surface area (Å²) in [5.74, 6) is 0.132. The molecule has 0 saturated heterocycles. The lowest BCUT2D eigenvalue weighted by atomic mass is 10.2. The summed E-state index contributed by atoms with van der Waals surface area (Å²) in [5.41, 5.74) is 1.42. The first-order valence-electron chi connectivity index (χ1n) is 9.29. The fraction of sp³-hybridized carbons (Fsp3) is 0.333. The van der Waals surface area contributed by atoms with Crippen molar-refractivity contribution in [3.8, 4) is 5.75 Å². The monoisotopic (exact) mass is 400 g/mol. The molecule has 1 aliphatic rings. The molecule has 1 aliphatic heterocycles. The molecule has 0 bridgehead atoms. The van der Waals surface area contributed by atoms with Crippen LogP contribution in [0.3, 0.4) is 0 Å². The normalized spacial score (nSPS) is 14.1. The molecular formula is C21H24N2O4S. The second-order valence-corrected chi connectivity index (χ2v) is 7.28. The predicted molar refractivity (Wildman–Crippen MR) is 110 cm³/mol. The van der Waals surface area contributed by atoms with Gasteiger partial charge in [0.25, 0.3) is 11.8 Å². The van der Waals surface area contributed by atoms with Crippen LogP contribution in [0.4, 0.5) is 5.69 Å². The van der Waals surface area contributed by atoms with E-state index in [9.17, 15) is 9.59 Å². The third-order valence-corrected chi connectivity index (χ3v) is 5.13. The van der Waals surface area contributed by atoms with E-state index in [1.807, 2.05) is 48.7 Å². The molecule has 7 heteroatoms. The molecule has 0 spiro atoms. The molecule has 1 aromatic heterocycles. The molecule has 0 aliphatic carbocycles. The van der Waals surface area contributed by atoms with Gasteiger partial charge in [0.05, 0.1) is 12.2 Å². The predicted octanol–water partition coefficient (Wildman–Crippen LogP) is 3.77. The first-order valence-corrected chi connectivity index (χ1v) is 10.2. The molecule has 2 aromatic rings. The second-order valence-electron chi connectivity index (χ2n) is 6.34. The van der Waals surface area contributed by atoms with E-state index in [2.05, 4.69) is 5.32 Å². The fourth-order valence-corrected chi connectivity index (χ4v) is 3.71. The van der Waals surface area contributed by atoms with E-state index in [0.29, 0.717) is 43.1 Å². The Kier molecular flexibility index (Phi) is 6.84. The number of hydrogen-bond donors (Lipinski definition) is 1. The lowest BCUT2D eigenvalue weighted by Gasteiger charge is -2.15.